The molecule has 0 aliphatic carbocycles. The summed E-state index contributed by atoms with van der Waals surface area (Å²) in [6.45, 7) is 5.86. The molecule has 0 heterocycles. The van der Waals surface area contributed by atoms with Gasteiger partial charge in [-0.15, -0.1) is 0 Å². The van der Waals surface area contributed by atoms with Crippen molar-refractivity contribution in [3.8, 4) is 0 Å². The minimum Gasteiger partial charge on any atom is -0.344 e. The zero-order valence-corrected chi connectivity index (χ0v) is 12.6. The van der Waals surface area contributed by atoms with E-state index in [2.05, 4.69) is 43.4 Å². The van der Waals surface area contributed by atoms with Crippen LogP contribution in [0.2, 0.25) is 0 Å². The van der Waals surface area contributed by atoms with Crippen LogP contribution in [0, 0.1) is 0 Å². The Balaban J connectivity index is 2.53. The normalized spacial score (nSPS) is 12.2. The molecular weight excluding hydrogens is 236 g/mol. The number of rotatable bonds is 7. The standard InChI is InChI=1S/C16H26N2O/c1-5-14-6-8-15(9-7-14)13(2)12-16(19)18(4)11-10-17-3/h6-9,13,17H,5,10-12H2,1-4H3. The van der Waals surface area contributed by atoms with Crippen LogP contribution in [-0.4, -0.2) is 38.0 Å². The molecule has 1 amide bonds. The molecule has 1 aromatic carbocycles. The molecule has 0 bridgehead atoms. The maximum atomic E-state index is 12.1. The molecule has 1 N–H and O–H groups in total. The molecule has 0 saturated heterocycles. The van der Waals surface area contributed by atoms with E-state index in [1.807, 2.05) is 14.1 Å². The monoisotopic (exact) mass is 262 g/mol. The largest absolute Gasteiger partial charge is 0.344 e. The number of nitrogens with zero attached hydrogens (tertiary/aromatic N) is 1. The summed E-state index contributed by atoms with van der Waals surface area (Å²) in [4.78, 5) is 13.9. The predicted molar refractivity (Wildman–Crippen MR) is 80.4 cm³/mol. The highest BCUT2D eigenvalue weighted by atomic mass is 16.2. The second-order valence-corrected chi connectivity index (χ2v) is 5.12. The van der Waals surface area contributed by atoms with Gasteiger partial charge in [-0.05, 0) is 30.5 Å². The van der Waals surface area contributed by atoms with Gasteiger partial charge in [0.25, 0.3) is 0 Å². The van der Waals surface area contributed by atoms with Crippen molar-refractivity contribution in [2.45, 2.75) is 32.6 Å². The molecule has 0 aliphatic rings. The van der Waals surface area contributed by atoms with E-state index >= 15 is 0 Å². The van der Waals surface area contributed by atoms with Crippen LogP contribution in [0.1, 0.15) is 37.3 Å². The molecule has 1 unspecified atom stereocenters. The predicted octanol–water partition coefficient (Wildman–Crippen LogP) is 2.42. The first-order chi connectivity index (χ1) is 9.08. The van der Waals surface area contributed by atoms with Gasteiger partial charge in [-0.3, -0.25) is 4.79 Å². The number of carbonyl (C=O) groups is 1. The van der Waals surface area contributed by atoms with E-state index in [4.69, 9.17) is 0 Å². The minimum atomic E-state index is 0.210. The zero-order valence-electron chi connectivity index (χ0n) is 12.6. The molecule has 19 heavy (non-hydrogen) atoms. The first kappa shape index (κ1) is 15.7. The lowest BCUT2D eigenvalue weighted by Gasteiger charge is -2.19. The van der Waals surface area contributed by atoms with Crippen LogP contribution in [0.25, 0.3) is 0 Å². The Morgan fingerprint density at radius 1 is 1.32 bits per heavy atom. The summed E-state index contributed by atoms with van der Waals surface area (Å²) in [5.74, 6) is 0.484. The lowest BCUT2D eigenvalue weighted by atomic mass is 9.96. The number of hydrogen-bond donors (Lipinski definition) is 1. The summed E-state index contributed by atoms with van der Waals surface area (Å²) in [6.07, 6.45) is 1.63. The first-order valence-corrected chi connectivity index (χ1v) is 7.05. The van der Waals surface area contributed by atoms with Gasteiger partial charge in [0.15, 0.2) is 0 Å². The van der Waals surface area contributed by atoms with Crippen LogP contribution < -0.4 is 5.32 Å². The van der Waals surface area contributed by atoms with Crippen LogP contribution in [0.3, 0.4) is 0 Å². The van der Waals surface area contributed by atoms with Crippen molar-refractivity contribution in [1.82, 2.24) is 10.2 Å². The molecule has 1 aromatic rings. The highest BCUT2D eigenvalue weighted by molar-refractivity contribution is 5.76. The van der Waals surface area contributed by atoms with Crippen LogP contribution in [0.15, 0.2) is 24.3 Å². The Hall–Kier alpha value is -1.35. The molecule has 0 aromatic heterocycles. The summed E-state index contributed by atoms with van der Waals surface area (Å²) >= 11 is 0. The van der Waals surface area contributed by atoms with E-state index in [1.54, 1.807) is 4.90 Å². The fourth-order valence-electron chi connectivity index (χ4n) is 2.02. The fourth-order valence-corrected chi connectivity index (χ4v) is 2.02. The molecule has 0 fully saturated rings. The third kappa shape index (κ3) is 5.03. The average Bonchev–Trinajstić information content (AvgIpc) is 2.44. The van der Waals surface area contributed by atoms with Crippen LogP contribution >= 0.6 is 0 Å². The van der Waals surface area contributed by atoms with E-state index in [0.717, 1.165) is 19.5 Å². The third-order valence-electron chi connectivity index (χ3n) is 3.56. The van der Waals surface area contributed by atoms with E-state index in [-0.39, 0.29) is 11.8 Å². The molecule has 0 aliphatic heterocycles. The number of aryl methyl sites for hydroxylation is 1. The van der Waals surface area contributed by atoms with Gasteiger partial charge in [-0.2, -0.15) is 0 Å². The van der Waals surface area contributed by atoms with Gasteiger partial charge < -0.3 is 10.2 Å². The highest BCUT2D eigenvalue weighted by Gasteiger charge is 2.14. The highest BCUT2D eigenvalue weighted by Crippen LogP contribution is 2.20. The molecule has 106 valence electrons. The van der Waals surface area contributed by atoms with Crippen molar-refractivity contribution in [2.24, 2.45) is 0 Å². The summed E-state index contributed by atoms with van der Waals surface area (Å²) in [7, 11) is 3.77. The van der Waals surface area contributed by atoms with Crippen molar-refractivity contribution >= 4 is 5.91 Å². The van der Waals surface area contributed by atoms with Crippen molar-refractivity contribution in [3.63, 3.8) is 0 Å². The zero-order chi connectivity index (χ0) is 14.3. The number of hydrogen-bond acceptors (Lipinski definition) is 2. The number of benzene rings is 1. The van der Waals surface area contributed by atoms with Crippen molar-refractivity contribution in [1.29, 1.82) is 0 Å². The van der Waals surface area contributed by atoms with E-state index in [0.29, 0.717) is 6.42 Å². The molecule has 1 rings (SSSR count). The topological polar surface area (TPSA) is 32.3 Å². The van der Waals surface area contributed by atoms with Gasteiger partial charge in [0.05, 0.1) is 0 Å². The van der Waals surface area contributed by atoms with Crippen molar-refractivity contribution < 1.29 is 4.79 Å². The fraction of sp³-hybridized carbons (Fsp3) is 0.562. The Bertz CT molecular complexity index is 386. The summed E-state index contributed by atoms with van der Waals surface area (Å²) < 4.78 is 0. The summed E-state index contributed by atoms with van der Waals surface area (Å²) in [6, 6.07) is 8.59. The molecule has 0 saturated carbocycles. The third-order valence-corrected chi connectivity index (χ3v) is 3.56. The second kappa shape index (κ2) is 7.95. The van der Waals surface area contributed by atoms with E-state index < -0.39 is 0 Å². The quantitative estimate of drug-likeness (QED) is 0.818. The number of amides is 1. The molecular formula is C16H26N2O. The lowest BCUT2D eigenvalue weighted by molar-refractivity contribution is -0.130. The Morgan fingerprint density at radius 3 is 2.47 bits per heavy atom. The lowest BCUT2D eigenvalue weighted by Crippen LogP contribution is -2.33. The first-order valence-electron chi connectivity index (χ1n) is 7.05. The van der Waals surface area contributed by atoms with Gasteiger partial charge in [0, 0.05) is 26.6 Å². The molecule has 0 spiro atoms. The van der Waals surface area contributed by atoms with Gasteiger partial charge in [-0.25, -0.2) is 0 Å². The van der Waals surface area contributed by atoms with Crippen molar-refractivity contribution in [3.05, 3.63) is 35.4 Å². The summed E-state index contributed by atoms with van der Waals surface area (Å²) in [5, 5.41) is 3.06. The van der Waals surface area contributed by atoms with Gasteiger partial charge in [0.2, 0.25) is 5.91 Å². The number of likely N-dealkylation sites (N-methyl/N-ethyl adjacent to an activating group) is 2. The molecule has 0 radical (unpaired) electrons. The maximum absolute atomic E-state index is 12.1. The molecule has 3 nitrogen and oxygen atoms in total. The molecule has 3 heteroatoms. The van der Waals surface area contributed by atoms with E-state index in [1.165, 1.54) is 11.1 Å². The number of nitrogens with one attached hydrogen (secondary N) is 1. The minimum absolute atomic E-state index is 0.210. The van der Waals surface area contributed by atoms with Gasteiger partial charge in [-0.1, -0.05) is 38.1 Å². The van der Waals surface area contributed by atoms with Gasteiger partial charge in [0.1, 0.15) is 0 Å². The Morgan fingerprint density at radius 2 is 1.95 bits per heavy atom. The smallest absolute Gasteiger partial charge is 0.222 e. The molecule has 1 atom stereocenters. The van der Waals surface area contributed by atoms with E-state index in [9.17, 15) is 4.79 Å². The second-order valence-electron chi connectivity index (χ2n) is 5.12. The van der Waals surface area contributed by atoms with Crippen LogP contribution in [-0.2, 0) is 11.2 Å². The SMILES string of the molecule is CCc1ccc(C(C)CC(=O)N(C)CCNC)cc1. The average molecular weight is 262 g/mol. The van der Waals surface area contributed by atoms with Crippen molar-refractivity contribution in [2.75, 3.05) is 27.2 Å². The maximum Gasteiger partial charge on any atom is 0.222 e. The van der Waals surface area contributed by atoms with Crippen LogP contribution in [0.5, 0.6) is 0 Å². The summed E-state index contributed by atoms with van der Waals surface area (Å²) in [5.41, 5.74) is 2.58. The Labute approximate surface area is 117 Å². The van der Waals surface area contributed by atoms with Crippen LogP contribution in [0.4, 0.5) is 0 Å². The Kier molecular flexibility index (Phi) is 6.57. The van der Waals surface area contributed by atoms with Gasteiger partial charge >= 0.3 is 0 Å². The number of carbonyl (C=O) groups excluding carboxylic acids is 1.